The van der Waals surface area contributed by atoms with Gasteiger partial charge in [0.1, 0.15) is 0 Å². The highest BCUT2D eigenvalue weighted by atomic mass is 79.9. The lowest BCUT2D eigenvalue weighted by atomic mass is 10.3. The normalized spacial score (nSPS) is 11.4. The number of sulfonamides is 1. The van der Waals surface area contributed by atoms with Gasteiger partial charge in [-0.05, 0) is 31.2 Å². The Balaban J connectivity index is 2.33. The van der Waals surface area contributed by atoms with E-state index in [9.17, 15) is 8.42 Å². The number of thiazole rings is 1. The first-order chi connectivity index (χ1) is 8.38. The van der Waals surface area contributed by atoms with E-state index in [4.69, 9.17) is 5.73 Å². The van der Waals surface area contributed by atoms with Crippen molar-refractivity contribution in [3.8, 4) is 0 Å². The topological polar surface area (TPSA) is 85.1 Å². The van der Waals surface area contributed by atoms with Gasteiger partial charge in [-0.25, -0.2) is 13.4 Å². The van der Waals surface area contributed by atoms with Crippen LogP contribution in [0.4, 0.5) is 10.8 Å². The molecule has 3 N–H and O–H groups in total. The number of nitrogens with one attached hydrogen (secondary N) is 1. The van der Waals surface area contributed by atoms with Gasteiger partial charge in [0.05, 0.1) is 5.69 Å². The van der Waals surface area contributed by atoms with Gasteiger partial charge in [-0.15, -0.1) is 0 Å². The van der Waals surface area contributed by atoms with Gasteiger partial charge in [0.2, 0.25) is 0 Å². The van der Waals surface area contributed by atoms with E-state index in [0.717, 1.165) is 15.8 Å². The molecule has 1 aromatic carbocycles. The summed E-state index contributed by atoms with van der Waals surface area (Å²) in [4.78, 5) is 3.90. The summed E-state index contributed by atoms with van der Waals surface area (Å²) < 4.78 is 27.7. The number of aryl methyl sites for hydroxylation is 1. The van der Waals surface area contributed by atoms with Crippen LogP contribution in [0, 0.1) is 6.92 Å². The zero-order chi connectivity index (χ0) is 13.3. The van der Waals surface area contributed by atoms with Gasteiger partial charge < -0.3 is 5.73 Å². The molecule has 0 bridgehead atoms. The van der Waals surface area contributed by atoms with Gasteiger partial charge in [-0.3, -0.25) is 4.72 Å². The molecule has 2 aromatic rings. The molecule has 8 heteroatoms. The molecule has 0 saturated carbocycles. The van der Waals surface area contributed by atoms with Crippen LogP contribution in [0.3, 0.4) is 0 Å². The number of hydrogen-bond donors (Lipinski definition) is 2. The van der Waals surface area contributed by atoms with Gasteiger partial charge >= 0.3 is 0 Å². The molecule has 5 nitrogen and oxygen atoms in total. The van der Waals surface area contributed by atoms with E-state index in [1.54, 1.807) is 31.2 Å². The Hall–Kier alpha value is -1.12. The average molecular weight is 348 g/mol. The van der Waals surface area contributed by atoms with E-state index in [0.29, 0.717) is 11.4 Å². The summed E-state index contributed by atoms with van der Waals surface area (Å²) in [6.45, 7) is 1.61. The second-order valence-corrected chi connectivity index (χ2v) is 7.36. The third kappa shape index (κ3) is 2.82. The monoisotopic (exact) mass is 347 g/mol. The predicted molar refractivity (Wildman–Crippen MR) is 76.2 cm³/mol. The number of halogens is 1. The fourth-order valence-electron chi connectivity index (χ4n) is 1.37. The standard InChI is InChI=1S/C10H10BrN3O2S2/c1-6-9(17-10(12)13-6)18(15,16)14-8-4-2-7(11)3-5-8/h2-5,14H,1H3,(H2,12,13). The molecule has 0 fully saturated rings. The minimum Gasteiger partial charge on any atom is -0.375 e. The molecule has 0 aliphatic rings. The molecule has 0 aliphatic carbocycles. The minimum absolute atomic E-state index is 0.142. The van der Waals surface area contributed by atoms with Crippen LogP contribution in [0.15, 0.2) is 32.9 Å². The summed E-state index contributed by atoms with van der Waals surface area (Å²) in [5.41, 5.74) is 6.39. The maximum absolute atomic E-state index is 12.1. The van der Waals surface area contributed by atoms with Gasteiger partial charge in [-0.1, -0.05) is 27.3 Å². The maximum Gasteiger partial charge on any atom is 0.273 e. The van der Waals surface area contributed by atoms with Crippen molar-refractivity contribution in [3.63, 3.8) is 0 Å². The summed E-state index contributed by atoms with van der Waals surface area (Å²) in [5.74, 6) is 0. The summed E-state index contributed by atoms with van der Waals surface area (Å²) in [5, 5.41) is 0.240. The van der Waals surface area contributed by atoms with E-state index in [1.807, 2.05) is 0 Å². The Bertz CT molecular complexity index is 665. The number of nitrogens with two attached hydrogens (primary N) is 1. The Morgan fingerprint density at radius 2 is 1.94 bits per heavy atom. The summed E-state index contributed by atoms with van der Waals surface area (Å²) >= 11 is 4.23. The molecule has 2 rings (SSSR count). The molecular weight excluding hydrogens is 338 g/mol. The Morgan fingerprint density at radius 1 is 1.33 bits per heavy atom. The molecule has 0 spiro atoms. The largest absolute Gasteiger partial charge is 0.375 e. The zero-order valence-corrected chi connectivity index (χ0v) is 12.6. The zero-order valence-electron chi connectivity index (χ0n) is 9.34. The second-order valence-electron chi connectivity index (χ2n) is 3.54. The first-order valence-corrected chi connectivity index (χ1v) is 7.99. The first kappa shape index (κ1) is 13.3. The molecule has 0 atom stereocenters. The third-order valence-corrected chi connectivity index (χ3v) is 5.62. The number of rotatable bonds is 3. The fraction of sp³-hybridized carbons (Fsp3) is 0.100. The van der Waals surface area contributed by atoms with Crippen LogP contribution >= 0.6 is 27.3 Å². The molecule has 0 amide bonds. The summed E-state index contributed by atoms with van der Waals surface area (Å²) in [6.07, 6.45) is 0. The first-order valence-electron chi connectivity index (χ1n) is 4.90. The number of benzene rings is 1. The summed E-state index contributed by atoms with van der Waals surface area (Å²) in [6, 6.07) is 6.85. The van der Waals surface area contributed by atoms with Crippen molar-refractivity contribution in [3.05, 3.63) is 34.4 Å². The van der Waals surface area contributed by atoms with Crippen LogP contribution in [0.1, 0.15) is 5.69 Å². The lowest BCUT2D eigenvalue weighted by Gasteiger charge is -2.06. The van der Waals surface area contributed by atoms with Crippen LogP contribution in [0.5, 0.6) is 0 Å². The van der Waals surface area contributed by atoms with Crippen molar-refractivity contribution < 1.29 is 8.42 Å². The average Bonchev–Trinajstić information content (AvgIpc) is 2.62. The smallest absolute Gasteiger partial charge is 0.273 e. The van der Waals surface area contributed by atoms with E-state index < -0.39 is 10.0 Å². The van der Waals surface area contributed by atoms with Crippen molar-refractivity contribution in [2.75, 3.05) is 10.5 Å². The van der Waals surface area contributed by atoms with E-state index >= 15 is 0 Å². The second kappa shape index (κ2) is 4.87. The van der Waals surface area contributed by atoms with Crippen LogP contribution in [-0.4, -0.2) is 13.4 Å². The van der Waals surface area contributed by atoms with Crippen molar-refractivity contribution in [1.29, 1.82) is 0 Å². The van der Waals surface area contributed by atoms with Gasteiger partial charge in [-0.2, -0.15) is 0 Å². The summed E-state index contributed by atoms with van der Waals surface area (Å²) in [7, 11) is -3.63. The molecule has 0 radical (unpaired) electrons. The third-order valence-electron chi connectivity index (χ3n) is 2.11. The number of anilines is 2. The molecule has 0 aliphatic heterocycles. The highest BCUT2D eigenvalue weighted by molar-refractivity contribution is 9.10. The maximum atomic E-state index is 12.1. The fourth-order valence-corrected chi connectivity index (χ4v) is 4.00. The molecule has 0 saturated heterocycles. The van der Waals surface area contributed by atoms with E-state index in [-0.39, 0.29) is 9.34 Å². The Morgan fingerprint density at radius 3 is 2.44 bits per heavy atom. The molecule has 0 unspecified atom stereocenters. The lowest BCUT2D eigenvalue weighted by Crippen LogP contribution is -2.12. The van der Waals surface area contributed by atoms with Crippen LogP contribution in [-0.2, 0) is 10.0 Å². The van der Waals surface area contributed by atoms with Crippen molar-refractivity contribution in [2.45, 2.75) is 11.1 Å². The van der Waals surface area contributed by atoms with Crippen molar-refractivity contribution >= 4 is 48.1 Å². The molecule has 1 aromatic heterocycles. The highest BCUT2D eigenvalue weighted by Gasteiger charge is 2.21. The van der Waals surface area contributed by atoms with Gasteiger partial charge in [0.25, 0.3) is 10.0 Å². The molecule has 18 heavy (non-hydrogen) atoms. The van der Waals surface area contributed by atoms with Crippen LogP contribution < -0.4 is 10.5 Å². The van der Waals surface area contributed by atoms with Gasteiger partial charge in [0, 0.05) is 10.2 Å². The van der Waals surface area contributed by atoms with E-state index in [1.165, 1.54) is 0 Å². The SMILES string of the molecule is Cc1nc(N)sc1S(=O)(=O)Nc1ccc(Br)cc1. The highest BCUT2D eigenvalue weighted by Crippen LogP contribution is 2.27. The van der Waals surface area contributed by atoms with Crippen LogP contribution in [0.2, 0.25) is 0 Å². The lowest BCUT2D eigenvalue weighted by molar-refractivity contribution is 0.602. The molecule has 96 valence electrons. The van der Waals surface area contributed by atoms with Crippen molar-refractivity contribution in [1.82, 2.24) is 4.98 Å². The molecule has 1 heterocycles. The minimum atomic E-state index is -3.63. The van der Waals surface area contributed by atoms with Crippen molar-refractivity contribution in [2.24, 2.45) is 0 Å². The van der Waals surface area contributed by atoms with E-state index in [2.05, 4.69) is 25.6 Å². The number of hydrogen-bond acceptors (Lipinski definition) is 5. The number of nitrogen functional groups attached to an aromatic ring is 1. The van der Waals surface area contributed by atoms with Crippen LogP contribution in [0.25, 0.3) is 0 Å². The quantitative estimate of drug-likeness (QED) is 0.893. The number of aromatic nitrogens is 1. The number of nitrogens with zero attached hydrogens (tertiary/aromatic N) is 1. The predicted octanol–water partition coefficient (Wildman–Crippen LogP) is 2.60. The Labute approximate surface area is 117 Å². The Kier molecular flexibility index (Phi) is 3.60. The molecular formula is C10H10BrN3O2S2. The van der Waals surface area contributed by atoms with Gasteiger partial charge in [0.15, 0.2) is 9.34 Å².